The number of rotatable bonds is 6. The summed E-state index contributed by atoms with van der Waals surface area (Å²) < 4.78 is 0. The molecule has 0 atom stereocenters. The Hall–Kier alpha value is -1.88. The molecule has 2 amide bonds. The molecule has 2 aliphatic rings. The van der Waals surface area contributed by atoms with Crippen LogP contribution in [0.3, 0.4) is 0 Å². The van der Waals surface area contributed by atoms with Gasteiger partial charge in [-0.05, 0) is 49.8 Å². The molecule has 0 aliphatic heterocycles. The molecule has 1 aromatic carbocycles. The molecule has 2 N–H and O–H groups in total. The maximum absolute atomic E-state index is 12.8. The molecule has 0 unspecified atom stereocenters. The normalized spacial score (nSPS) is 18.9. The van der Waals surface area contributed by atoms with Crippen LogP contribution in [0.5, 0.6) is 0 Å². The van der Waals surface area contributed by atoms with E-state index in [1.54, 1.807) is 19.2 Å². The zero-order valence-corrected chi connectivity index (χ0v) is 13.5. The number of nitrogens with zero attached hydrogens (tertiary/aromatic N) is 1. The van der Waals surface area contributed by atoms with Crippen LogP contribution in [0.1, 0.15) is 48.0 Å². The first kappa shape index (κ1) is 16.0. The Morgan fingerprint density at radius 3 is 2.35 bits per heavy atom. The lowest BCUT2D eigenvalue weighted by Gasteiger charge is -2.49. The minimum atomic E-state index is -0.319. The summed E-state index contributed by atoms with van der Waals surface area (Å²) in [6.45, 7) is 0.0604. The fourth-order valence-corrected chi connectivity index (χ4v) is 3.43. The van der Waals surface area contributed by atoms with E-state index < -0.39 is 0 Å². The molecule has 0 radical (unpaired) electrons. The number of amides is 2. The molecule has 5 heteroatoms. The summed E-state index contributed by atoms with van der Waals surface area (Å²) in [6, 6.07) is 7.46. The average molecular weight is 316 g/mol. The van der Waals surface area contributed by atoms with E-state index in [1.165, 1.54) is 0 Å². The Kier molecular flexibility index (Phi) is 4.39. The highest BCUT2D eigenvalue weighted by Crippen LogP contribution is 2.43. The van der Waals surface area contributed by atoms with Gasteiger partial charge in [0, 0.05) is 18.7 Å². The predicted octanol–water partition coefficient (Wildman–Crippen LogP) is 1.49. The zero-order chi connectivity index (χ0) is 16.4. The van der Waals surface area contributed by atoms with Crippen LogP contribution in [-0.2, 0) is 11.2 Å². The summed E-state index contributed by atoms with van der Waals surface area (Å²) in [4.78, 5) is 26.3. The van der Waals surface area contributed by atoms with Gasteiger partial charge in [0.1, 0.15) is 0 Å². The second-order valence-electron chi connectivity index (χ2n) is 6.68. The lowest BCUT2D eigenvalue weighted by Crippen LogP contribution is -2.60. The van der Waals surface area contributed by atoms with Gasteiger partial charge in [-0.1, -0.05) is 12.1 Å². The van der Waals surface area contributed by atoms with Crippen LogP contribution in [0.2, 0.25) is 0 Å². The number of aliphatic hydroxyl groups excluding tert-OH is 1. The van der Waals surface area contributed by atoms with Crippen molar-refractivity contribution in [1.82, 2.24) is 10.2 Å². The lowest BCUT2D eigenvalue weighted by molar-refractivity contribution is -0.145. The van der Waals surface area contributed by atoms with Crippen LogP contribution in [-0.4, -0.2) is 47.1 Å². The number of carbonyl (C=O) groups excluding carboxylic acids is 2. The van der Waals surface area contributed by atoms with Crippen molar-refractivity contribution in [3.05, 3.63) is 35.4 Å². The maximum atomic E-state index is 12.8. The van der Waals surface area contributed by atoms with Gasteiger partial charge in [-0.25, -0.2) is 0 Å². The summed E-state index contributed by atoms with van der Waals surface area (Å²) in [5.74, 6) is -0.0369. The maximum Gasteiger partial charge on any atom is 0.251 e. The van der Waals surface area contributed by atoms with Crippen molar-refractivity contribution in [1.29, 1.82) is 0 Å². The lowest BCUT2D eigenvalue weighted by atomic mass is 9.75. The summed E-state index contributed by atoms with van der Waals surface area (Å²) in [5.41, 5.74) is 1.18. The van der Waals surface area contributed by atoms with E-state index in [1.807, 2.05) is 17.0 Å². The van der Waals surface area contributed by atoms with E-state index in [2.05, 4.69) is 5.32 Å². The van der Waals surface area contributed by atoms with Crippen LogP contribution in [0.15, 0.2) is 24.3 Å². The van der Waals surface area contributed by atoms with Crippen LogP contribution in [0.4, 0.5) is 0 Å². The average Bonchev–Trinajstić information content (AvgIpc) is 3.35. The summed E-state index contributed by atoms with van der Waals surface area (Å²) >= 11 is 0. The molecule has 0 heterocycles. The quantitative estimate of drug-likeness (QED) is 0.835. The van der Waals surface area contributed by atoms with Gasteiger partial charge >= 0.3 is 0 Å². The molecule has 2 aliphatic carbocycles. The fourth-order valence-electron chi connectivity index (χ4n) is 3.43. The van der Waals surface area contributed by atoms with E-state index in [4.69, 9.17) is 0 Å². The summed E-state index contributed by atoms with van der Waals surface area (Å²) in [6.07, 6.45) is 5.30. The second-order valence-corrected chi connectivity index (χ2v) is 6.68. The molecule has 2 saturated carbocycles. The Balaban J connectivity index is 1.71. The SMILES string of the molecule is CNC(=O)c1ccc(CC(=O)N(C2CC2)C2(CO)CCC2)cc1. The van der Waals surface area contributed by atoms with Crippen molar-refractivity contribution in [3.63, 3.8) is 0 Å². The van der Waals surface area contributed by atoms with Gasteiger partial charge in [0.05, 0.1) is 18.6 Å². The van der Waals surface area contributed by atoms with Crippen LogP contribution < -0.4 is 5.32 Å². The summed E-state index contributed by atoms with van der Waals surface area (Å²) in [7, 11) is 1.60. The highest BCUT2D eigenvalue weighted by molar-refractivity contribution is 5.94. The number of nitrogens with one attached hydrogen (secondary N) is 1. The molecule has 23 heavy (non-hydrogen) atoms. The van der Waals surface area contributed by atoms with Crippen molar-refractivity contribution in [3.8, 4) is 0 Å². The minimum Gasteiger partial charge on any atom is -0.394 e. The molecule has 0 saturated heterocycles. The molecule has 124 valence electrons. The zero-order valence-electron chi connectivity index (χ0n) is 13.5. The van der Waals surface area contributed by atoms with E-state index in [9.17, 15) is 14.7 Å². The fraction of sp³-hybridized carbons (Fsp3) is 0.556. The number of hydrogen-bond acceptors (Lipinski definition) is 3. The topological polar surface area (TPSA) is 69.6 Å². The minimum absolute atomic E-state index is 0.0604. The largest absolute Gasteiger partial charge is 0.394 e. The van der Waals surface area contributed by atoms with Gasteiger partial charge < -0.3 is 15.3 Å². The highest BCUT2D eigenvalue weighted by Gasteiger charge is 2.49. The number of aliphatic hydroxyl groups is 1. The van der Waals surface area contributed by atoms with Gasteiger partial charge in [0.2, 0.25) is 5.91 Å². The Morgan fingerprint density at radius 2 is 1.91 bits per heavy atom. The van der Waals surface area contributed by atoms with Gasteiger partial charge in [0.25, 0.3) is 5.91 Å². The molecular weight excluding hydrogens is 292 g/mol. The van der Waals surface area contributed by atoms with Gasteiger partial charge in [0.15, 0.2) is 0 Å². The van der Waals surface area contributed by atoms with E-state index in [0.29, 0.717) is 18.0 Å². The van der Waals surface area contributed by atoms with Crippen molar-refractivity contribution in [2.45, 2.75) is 50.1 Å². The van der Waals surface area contributed by atoms with Crippen molar-refractivity contribution < 1.29 is 14.7 Å². The second kappa shape index (κ2) is 6.32. The monoisotopic (exact) mass is 316 g/mol. The molecule has 3 rings (SSSR count). The predicted molar refractivity (Wildman–Crippen MR) is 87.1 cm³/mol. The van der Waals surface area contributed by atoms with E-state index in [0.717, 1.165) is 37.7 Å². The van der Waals surface area contributed by atoms with Gasteiger partial charge in [-0.15, -0.1) is 0 Å². The first-order chi connectivity index (χ1) is 11.1. The smallest absolute Gasteiger partial charge is 0.251 e. The first-order valence-corrected chi connectivity index (χ1v) is 8.34. The van der Waals surface area contributed by atoms with E-state index >= 15 is 0 Å². The highest BCUT2D eigenvalue weighted by atomic mass is 16.3. The third kappa shape index (κ3) is 3.11. The number of carbonyl (C=O) groups is 2. The van der Waals surface area contributed by atoms with Gasteiger partial charge in [-0.3, -0.25) is 9.59 Å². The number of hydrogen-bond donors (Lipinski definition) is 2. The van der Waals surface area contributed by atoms with E-state index in [-0.39, 0.29) is 24.0 Å². The third-order valence-electron chi connectivity index (χ3n) is 5.07. The molecule has 0 bridgehead atoms. The molecule has 5 nitrogen and oxygen atoms in total. The molecule has 1 aromatic rings. The van der Waals surface area contributed by atoms with Crippen LogP contribution in [0, 0.1) is 0 Å². The molecule has 0 aromatic heterocycles. The first-order valence-electron chi connectivity index (χ1n) is 8.34. The van der Waals surface area contributed by atoms with Crippen LogP contribution in [0.25, 0.3) is 0 Å². The van der Waals surface area contributed by atoms with Crippen LogP contribution >= 0.6 is 0 Å². The molecular formula is C18H24N2O3. The molecule has 2 fully saturated rings. The summed E-state index contributed by atoms with van der Waals surface area (Å²) in [5, 5.41) is 12.4. The Labute approximate surface area is 136 Å². The Bertz CT molecular complexity index is 583. The number of benzene rings is 1. The van der Waals surface area contributed by atoms with Crippen molar-refractivity contribution in [2.75, 3.05) is 13.7 Å². The van der Waals surface area contributed by atoms with Crippen molar-refractivity contribution >= 4 is 11.8 Å². The van der Waals surface area contributed by atoms with Crippen molar-refractivity contribution in [2.24, 2.45) is 0 Å². The van der Waals surface area contributed by atoms with Gasteiger partial charge in [-0.2, -0.15) is 0 Å². The molecule has 0 spiro atoms. The third-order valence-corrected chi connectivity index (χ3v) is 5.07. The Morgan fingerprint density at radius 1 is 1.26 bits per heavy atom. The standard InChI is InChI=1S/C18H24N2O3/c1-19-17(23)14-5-3-13(4-6-14)11-16(22)20(15-7-8-15)18(12-21)9-2-10-18/h3-6,15,21H,2,7-12H2,1H3,(H,19,23).